The third-order valence-corrected chi connectivity index (χ3v) is 2.57. The van der Waals surface area contributed by atoms with Gasteiger partial charge in [0.1, 0.15) is 0 Å². The molecule has 1 aromatic carbocycles. The number of carbonyl (C=O) groups excluding carboxylic acids is 2. The summed E-state index contributed by atoms with van der Waals surface area (Å²) in [7, 11) is 0. The molecular formula is C14H18F2N2O2. The van der Waals surface area contributed by atoms with E-state index in [-0.39, 0.29) is 24.1 Å². The van der Waals surface area contributed by atoms with Crippen molar-refractivity contribution >= 4 is 17.5 Å². The third-order valence-electron chi connectivity index (χ3n) is 2.57. The molecule has 0 atom stereocenters. The van der Waals surface area contributed by atoms with E-state index >= 15 is 0 Å². The minimum absolute atomic E-state index is 0.119. The highest BCUT2D eigenvalue weighted by Gasteiger charge is 2.15. The van der Waals surface area contributed by atoms with E-state index < -0.39 is 17.5 Å². The van der Waals surface area contributed by atoms with Crippen LogP contribution in [-0.2, 0) is 9.59 Å². The zero-order valence-corrected chi connectivity index (χ0v) is 11.7. The Kier molecular flexibility index (Phi) is 5.61. The summed E-state index contributed by atoms with van der Waals surface area (Å²) in [6.45, 7) is 5.59. The second-order valence-electron chi connectivity index (χ2n) is 4.97. The van der Waals surface area contributed by atoms with Crippen LogP contribution in [0.2, 0.25) is 0 Å². The Bertz CT molecular complexity index is 504. The Morgan fingerprint density at radius 2 is 1.90 bits per heavy atom. The second-order valence-corrected chi connectivity index (χ2v) is 4.97. The van der Waals surface area contributed by atoms with Gasteiger partial charge in [0, 0.05) is 25.2 Å². The molecule has 0 bridgehead atoms. The molecule has 0 saturated carbocycles. The van der Waals surface area contributed by atoms with Gasteiger partial charge in [-0.2, -0.15) is 0 Å². The van der Waals surface area contributed by atoms with E-state index in [1.807, 2.05) is 13.8 Å². The molecule has 0 heterocycles. The van der Waals surface area contributed by atoms with Crippen LogP contribution in [0.3, 0.4) is 0 Å². The van der Waals surface area contributed by atoms with Crippen LogP contribution >= 0.6 is 0 Å². The number of benzene rings is 1. The number of nitrogens with one attached hydrogen (secondary N) is 1. The molecule has 20 heavy (non-hydrogen) atoms. The topological polar surface area (TPSA) is 49.4 Å². The van der Waals surface area contributed by atoms with E-state index in [4.69, 9.17) is 0 Å². The maximum Gasteiger partial charge on any atom is 0.243 e. The lowest BCUT2D eigenvalue weighted by molar-refractivity contribution is -0.133. The monoisotopic (exact) mass is 284 g/mol. The number of hydrogen-bond donors (Lipinski definition) is 1. The van der Waals surface area contributed by atoms with Crippen molar-refractivity contribution < 1.29 is 18.4 Å². The molecule has 0 aromatic heterocycles. The Morgan fingerprint density at radius 3 is 2.40 bits per heavy atom. The molecule has 1 N–H and O–H groups in total. The summed E-state index contributed by atoms with van der Waals surface area (Å²) in [5.74, 6) is -2.44. The van der Waals surface area contributed by atoms with Crippen molar-refractivity contribution in [2.45, 2.75) is 20.8 Å². The normalized spacial score (nSPS) is 10.5. The fourth-order valence-electron chi connectivity index (χ4n) is 1.69. The molecule has 0 aliphatic rings. The van der Waals surface area contributed by atoms with Crippen molar-refractivity contribution in [2.75, 3.05) is 18.4 Å². The van der Waals surface area contributed by atoms with Gasteiger partial charge in [-0.3, -0.25) is 9.59 Å². The summed E-state index contributed by atoms with van der Waals surface area (Å²) in [5, 5.41) is 2.43. The van der Waals surface area contributed by atoms with Crippen molar-refractivity contribution in [3.05, 3.63) is 29.8 Å². The van der Waals surface area contributed by atoms with Crippen LogP contribution in [0, 0.1) is 17.6 Å². The van der Waals surface area contributed by atoms with Gasteiger partial charge in [-0.15, -0.1) is 0 Å². The smallest absolute Gasteiger partial charge is 0.243 e. The SMILES string of the molecule is CC(=O)N(CC(=O)Nc1ccc(F)c(F)c1)CC(C)C. The number of hydrogen-bond acceptors (Lipinski definition) is 2. The van der Waals surface area contributed by atoms with Gasteiger partial charge in [-0.1, -0.05) is 13.8 Å². The van der Waals surface area contributed by atoms with Gasteiger partial charge in [0.05, 0.1) is 6.54 Å². The van der Waals surface area contributed by atoms with Gasteiger partial charge in [-0.05, 0) is 18.1 Å². The molecule has 0 aliphatic heterocycles. The molecule has 0 radical (unpaired) electrons. The maximum atomic E-state index is 13.0. The minimum Gasteiger partial charge on any atom is -0.333 e. The van der Waals surface area contributed by atoms with Crippen LogP contribution < -0.4 is 5.32 Å². The van der Waals surface area contributed by atoms with E-state index in [0.29, 0.717) is 6.54 Å². The number of rotatable bonds is 5. The first kappa shape index (κ1) is 16.1. The van der Waals surface area contributed by atoms with Crippen LogP contribution in [0.4, 0.5) is 14.5 Å². The van der Waals surface area contributed by atoms with Gasteiger partial charge < -0.3 is 10.2 Å². The van der Waals surface area contributed by atoms with E-state index in [9.17, 15) is 18.4 Å². The molecule has 1 aromatic rings. The zero-order valence-electron chi connectivity index (χ0n) is 11.7. The first-order chi connectivity index (χ1) is 9.29. The van der Waals surface area contributed by atoms with Crippen LogP contribution in [0.15, 0.2) is 18.2 Å². The lowest BCUT2D eigenvalue weighted by Crippen LogP contribution is -2.38. The van der Waals surface area contributed by atoms with Crippen molar-refractivity contribution in [1.82, 2.24) is 4.90 Å². The van der Waals surface area contributed by atoms with Gasteiger partial charge >= 0.3 is 0 Å². The highest BCUT2D eigenvalue weighted by molar-refractivity contribution is 5.94. The van der Waals surface area contributed by atoms with Crippen molar-refractivity contribution in [3.8, 4) is 0 Å². The third kappa shape index (κ3) is 4.95. The van der Waals surface area contributed by atoms with Gasteiger partial charge in [0.25, 0.3) is 0 Å². The second kappa shape index (κ2) is 6.98. The number of anilines is 1. The van der Waals surface area contributed by atoms with Crippen molar-refractivity contribution in [1.29, 1.82) is 0 Å². The molecular weight excluding hydrogens is 266 g/mol. The molecule has 0 aliphatic carbocycles. The molecule has 0 fully saturated rings. The largest absolute Gasteiger partial charge is 0.333 e. The molecule has 0 saturated heterocycles. The Labute approximate surface area is 116 Å². The summed E-state index contributed by atoms with van der Waals surface area (Å²) in [6, 6.07) is 3.09. The van der Waals surface area contributed by atoms with Gasteiger partial charge in [0.15, 0.2) is 11.6 Å². The predicted octanol–water partition coefficient (Wildman–Crippen LogP) is 2.41. The van der Waals surface area contributed by atoms with E-state index in [1.54, 1.807) is 0 Å². The lowest BCUT2D eigenvalue weighted by atomic mass is 10.2. The van der Waals surface area contributed by atoms with Gasteiger partial charge in [0.2, 0.25) is 11.8 Å². The minimum atomic E-state index is -1.03. The zero-order chi connectivity index (χ0) is 15.3. The van der Waals surface area contributed by atoms with Crippen molar-refractivity contribution in [3.63, 3.8) is 0 Å². The number of halogens is 2. The quantitative estimate of drug-likeness (QED) is 0.902. The average Bonchev–Trinajstić information content (AvgIpc) is 2.32. The number of amides is 2. The van der Waals surface area contributed by atoms with E-state index in [2.05, 4.69) is 5.32 Å². The Morgan fingerprint density at radius 1 is 1.25 bits per heavy atom. The van der Waals surface area contributed by atoms with Crippen LogP contribution in [0.5, 0.6) is 0 Å². The van der Waals surface area contributed by atoms with Crippen LogP contribution in [0.25, 0.3) is 0 Å². The predicted molar refractivity (Wildman–Crippen MR) is 72.1 cm³/mol. The first-order valence-corrected chi connectivity index (χ1v) is 6.30. The molecule has 2 amide bonds. The summed E-state index contributed by atoms with van der Waals surface area (Å²) >= 11 is 0. The summed E-state index contributed by atoms with van der Waals surface area (Å²) in [6.07, 6.45) is 0. The molecule has 6 heteroatoms. The highest BCUT2D eigenvalue weighted by atomic mass is 19.2. The molecule has 1 rings (SSSR count). The van der Waals surface area contributed by atoms with Crippen LogP contribution in [-0.4, -0.2) is 29.8 Å². The highest BCUT2D eigenvalue weighted by Crippen LogP contribution is 2.13. The summed E-state index contributed by atoms with van der Waals surface area (Å²) < 4.78 is 25.8. The number of carbonyl (C=O) groups is 2. The Hall–Kier alpha value is -1.98. The maximum absolute atomic E-state index is 13.0. The molecule has 0 spiro atoms. The van der Waals surface area contributed by atoms with Crippen LogP contribution in [0.1, 0.15) is 20.8 Å². The summed E-state index contributed by atoms with van der Waals surface area (Å²) in [4.78, 5) is 24.6. The first-order valence-electron chi connectivity index (χ1n) is 6.30. The average molecular weight is 284 g/mol. The fraction of sp³-hybridized carbons (Fsp3) is 0.429. The molecule has 110 valence electrons. The number of nitrogens with zero attached hydrogens (tertiary/aromatic N) is 1. The van der Waals surface area contributed by atoms with Gasteiger partial charge in [-0.25, -0.2) is 8.78 Å². The lowest BCUT2D eigenvalue weighted by Gasteiger charge is -2.22. The van der Waals surface area contributed by atoms with E-state index in [0.717, 1.165) is 12.1 Å². The van der Waals surface area contributed by atoms with E-state index in [1.165, 1.54) is 17.9 Å². The Balaban J connectivity index is 2.65. The standard InChI is InChI=1S/C14H18F2N2O2/c1-9(2)7-18(10(3)19)8-14(20)17-11-4-5-12(15)13(16)6-11/h4-6,9H,7-8H2,1-3H3,(H,17,20). The fourth-order valence-corrected chi connectivity index (χ4v) is 1.69. The summed E-state index contributed by atoms with van der Waals surface area (Å²) in [5.41, 5.74) is 0.155. The van der Waals surface area contributed by atoms with Crippen molar-refractivity contribution in [2.24, 2.45) is 5.92 Å². The molecule has 4 nitrogen and oxygen atoms in total. The molecule has 0 unspecified atom stereocenters.